The van der Waals surface area contributed by atoms with Crippen molar-refractivity contribution < 1.29 is 22.0 Å². The van der Waals surface area contributed by atoms with Crippen LogP contribution in [0.25, 0.3) is 5.65 Å². The molecule has 6 nitrogen and oxygen atoms in total. The molecule has 2 aromatic heterocycles. The van der Waals surface area contributed by atoms with Crippen LogP contribution in [-0.2, 0) is 9.84 Å². The number of halogens is 2. The molecule has 0 saturated heterocycles. The van der Waals surface area contributed by atoms with Gasteiger partial charge in [0.2, 0.25) is 0 Å². The lowest BCUT2D eigenvalue weighted by molar-refractivity contribution is 0.0949. The molecule has 0 aliphatic heterocycles. The highest BCUT2D eigenvalue weighted by Gasteiger charge is 2.30. The molecule has 0 aliphatic rings. The summed E-state index contributed by atoms with van der Waals surface area (Å²) in [4.78, 5) is 16.7. The minimum atomic E-state index is -3.94. The number of sulfone groups is 1. The lowest BCUT2D eigenvalue weighted by Crippen LogP contribution is -2.32. The maximum Gasteiger partial charge on any atom is 0.271 e. The Morgan fingerprint density at radius 2 is 1.61 bits per heavy atom. The molecule has 4 aromatic rings. The number of imidazole rings is 1. The maximum absolute atomic E-state index is 13.4. The highest BCUT2D eigenvalue weighted by atomic mass is 32.2. The Morgan fingerprint density at radius 3 is 2.32 bits per heavy atom. The van der Waals surface area contributed by atoms with Crippen molar-refractivity contribution >= 4 is 21.4 Å². The third kappa shape index (κ3) is 4.31. The number of rotatable bonds is 6. The monoisotopic (exact) mass is 441 g/mol. The smallest absolute Gasteiger partial charge is 0.271 e. The second kappa shape index (κ2) is 8.27. The first-order valence-electron chi connectivity index (χ1n) is 9.31. The summed E-state index contributed by atoms with van der Waals surface area (Å²) >= 11 is 0. The highest BCUT2D eigenvalue weighted by Crippen LogP contribution is 2.28. The minimum Gasteiger partial charge on any atom is -0.349 e. The van der Waals surface area contributed by atoms with E-state index in [2.05, 4.69) is 10.3 Å². The molecular weight excluding hydrogens is 424 g/mol. The molecule has 31 heavy (non-hydrogen) atoms. The van der Waals surface area contributed by atoms with Crippen LogP contribution >= 0.6 is 0 Å². The number of hydrogen-bond acceptors (Lipinski definition) is 4. The zero-order valence-electron chi connectivity index (χ0n) is 16.1. The van der Waals surface area contributed by atoms with Gasteiger partial charge in [0.05, 0.1) is 4.90 Å². The Morgan fingerprint density at radius 1 is 0.935 bits per heavy atom. The molecule has 9 heteroatoms. The number of benzene rings is 2. The van der Waals surface area contributed by atoms with Gasteiger partial charge < -0.3 is 9.72 Å². The summed E-state index contributed by atoms with van der Waals surface area (Å²) in [6, 6.07) is 15.6. The fraction of sp³-hybridized carbons (Fsp3) is 0.0909. The SMILES string of the molecule is O=C(NCC(c1ccccc1)S(=O)(=O)c1ccc(F)cc1)c1cn2cc(F)ccc2n1. The first kappa shape index (κ1) is 20.7. The number of nitrogens with one attached hydrogen (secondary N) is 1. The summed E-state index contributed by atoms with van der Waals surface area (Å²) < 4.78 is 54.5. The molecule has 0 radical (unpaired) electrons. The quantitative estimate of drug-likeness (QED) is 0.464. The Hall–Kier alpha value is -3.59. The fourth-order valence-electron chi connectivity index (χ4n) is 3.21. The van der Waals surface area contributed by atoms with Crippen LogP contribution in [0.5, 0.6) is 0 Å². The van der Waals surface area contributed by atoms with E-state index in [-0.39, 0.29) is 17.1 Å². The van der Waals surface area contributed by atoms with Gasteiger partial charge in [-0.1, -0.05) is 30.3 Å². The van der Waals surface area contributed by atoms with Gasteiger partial charge in [-0.05, 0) is 42.0 Å². The summed E-state index contributed by atoms with van der Waals surface area (Å²) in [5.41, 5.74) is 0.880. The first-order valence-corrected chi connectivity index (χ1v) is 10.9. The molecule has 1 N–H and O–H groups in total. The standard InChI is InChI=1S/C22H17F2N3O3S/c23-16-6-9-18(10-7-16)31(29,30)20(15-4-2-1-3-5-15)12-25-22(28)19-14-27-13-17(24)8-11-21(27)26-19/h1-11,13-14,20H,12H2,(H,25,28). The summed E-state index contributed by atoms with van der Waals surface area (Å²) in [5, 5.41) is 1.50. The number of amides is 1. The van der Waals surface area contributed by atoms with E-state index in [1.54, 1.807) is 30.3 Å². The highest BCUT2D eigenvalue weighted by molar-refractivity contribution is 7.91. The molecule has 0 fully saturated rings. The third-order valence-electron chi connectivity index (χ3n) is 4.78. The Bertz CT molecular complexity index is 1340. The van der Waals surface area contributed by atoms with E-state index in [0.29, 0.717) is 11.2 Å². The number of carbonyl (C=O) groups excluding carboxylic acids is 1. The van der Waals surface area contributed by atoms with Crippen LogP contribution in [0, 0.1) is 11.6 Å². The van der Waals surface area contributed by atoms with Crippen molar-refractivity contribution in [3.63, 3.8) is 0 Å². The predicted molar refractivity (Wildman–Crippen MR) is 110 cm³/mol. The fourth-order valence-corrected chi connectivity index (χ4v) is 4.88. The summed E-state index contributed by atoms with van der Waals surface area (Å²) in [6.07, 6.45) is 2.55. The summed E-state index contributed by atoms with van der Waals surface area (Å²) in [5.74, 6) is -1.63. The van der Waals surface area contributed by atoms with Crippen molar-refractivity contribution in [1.29, 1.82) is 0 Å². The van der Waals surface area contributed by atoms with Crippen LogP contribution in [-0.4, -0.2) is 30.3 Å². The van der Waals surface area contributed by atoms with Gasteiger partial charge in [-0.25, -0.2) is 22.2 Å². The first-order chi connectivity index (χ1) is 14.8. The van der Waals surface area contributed by atoms with Gasteiger partial charge in [0.25, 0.3) is 5.91 Å². The van der Waals surface area contributed by atoms with E-state index in [0.717, 1.165) is 12.1 Å². The molecule has 1 amide bonds. The van der Waals surface area contributed by atoms with E-state index < -0.39 is 32.6 Å². The van der Waals surface area contributed by atoms with Gasteiger partial charge in [-0.3, -0.25) is 4.79 Å². The van der Waals surface area contributed by atoms with E-state index >= 15 is 0 Å². The molecule has 158 valence electrons. The number of pyridine rings is 1. The van der Waals surface area contributed by atoms with Crippen molar-refractivity contribution in [3.05, 3.63) is 102 Å². The topological polar surface area (TPSA) is 80.5 Å². The molecule has 2 aromatic carbocycles. The van der Waals surface area contributed by atoms with Crippen LogP contribution in [0.3, 0.4) is 0 Å². The van der Waals surface area contributed by atoms with Gasteiger partial charge in [-0.2, -0.15) is 0 Å². The van der Waals surface area contributed by atoms with Crippen molar-refractivity contribution in [2.45, 2.75) is 10.1 Å². The van der Waals surface area contributed by atoms with Crippen LogP contribution in [0.1, 0.15) is 21.3 Å². The number of carbonyl (C=O) groups is 1. The molecule has 1 atom stereocenters. The van der Waals surface area contributed by atoms with E-state index in [1.807, 2.05) is 0 Å². The maximum atomic E-state index is 13.4. The average Bonchev–Trinajstić information content (AvgIpc) is 3.18. The number of nitrogens with zero attached hydrogens (tertiary/aromatic N) is 2. The number of fused-ring (bicyclic) bond motifs is 1. The lowest BCUT2D eigenvalue weighted by atomic mass is 10.1. The van der Waals surface area contributed by atoms with E-state index in [1.165, 1.54) is 41.1 Å². The second-order valence-corrected chi connectivity index (χ2v) is 8.98. The van der Waals surface area contributed by atoms with Crippen LogP contribution in [0.2, 0.25) is 0 Å². The minimum absolute atomic E-state index is 0.0246. The van der Waals surface area contributed by atoms with Gasteiger partial charge in [0.15, 0.2) is 9.84 Å². The average molecular weight is 441 g/mol. The zero-order chi connectivity index (χ0) is 22.0. The van der Waals surface area contributed by atoms with Gasteiger partial charge in [0, 0.05) is 18.9 Å². The summed E-state index contributed by atoms with van der Waals surface area (Å²) in [7, 11) is -3.94. The van der Waals surface area contributed by atoms with Crippen LogP contribution < -0.4 is 5.32 Å². The molecule has 1 unspecified atom stereocenters. The Balaban J connectivity index is 1.61. The molecule has 0 aliphatic carbocycles. The largest absolute Gasteiger partial charge is 0.349 e. The normalized spacial score (nSPS) is 12.6. The van der Waals surface area contributed by atoms with Crippen LogP contribution in [0.4, 0.5) is 8.78 Å². The Kier molecular flexibility index (Phi) is 5.51. The van der Waals surface area contributed by atoms with E-state index in [4.69, 9.17) is 0 Å². The number of hydrogen-bond donors (Lipinski definition) is 1. The number of aromatic nitrogens is 2. The Labute approximate surface area is 177 Å². The third-order valence-corrected chi connectivity index (χ3v) is 6.90. The van der Waals surface area contributed by atoms with Gasteiger partial charge in [0.1, 0.15) is 28.2 Å². The molecule has 2 heterocycles. The van der Waals surface area contributed by atoms with Gasteiger partial charge >= 0.3 is 0 Å². The van der Waals surface area contributed by atoms with Crippen molar-refractivity contribution in [3.8, 4) is 0 Å². The molecule has 0 saturated carbocycles. The summed E-state index contributed by atoms with van der Waals surface area (Å²) in [6.45, 7) is -0.231. The molecular formula is C22H17F2N3O3S. The van der Waals surface area contributed by atoms with Gasteiger partial charge in [-0.15, -0.1) is 0 Å². The molecule has 4 rings (SSSR count). The van der Waals surface area contributed by atoms with Crippen molar-refractivity contribution in [2.24, 2.45) is 0 Å². The lowest BCUT2D eigenvalue weighted by Gasteiger charge is -2.19. The van der Waals surface area contributed by atoms with E-state index in [9.17, 15) is 22.0 Å². The zero-order valence-corrected chi connectivity index (χ0v) is 16.9. The van der Waals surface area contributed by atoms with Crippen molar-refractivity contribution in [2.75, 3.05) is 6.54 Å². The van der Waals surface area contributed by atoms with Crippen molar-refractivity contribution in [1.82, 2.24) is 14.7 Å². The molecule has 0 bridgehead atoms. The molecule has 0 spiro atoms. The van der Waals surface area contributed by atoms with Crippen LogP contribution in [0.15, 0.2) is 84.0 Å². The predicted octanol–water partition coefficient (Wildman–Crippen LogP) is 3.56. The second-order valence-electron chi connectivity index (χ2n) is 6.85.